The van der Waals surface area contributed by atoms with Crippen molar-refractivity contribution in [3.63, 3.8) is 0 Å². The molecule has 0 aromatic heterocycles. The highest BCUT2D eigenvalue weighted by atomic mass is 16.4. The minimum Gasteiger partial charge on any atom is -0.481 e. The van der Waals surface area contributed by atoms with E-state index in [2.05, 4.69) is 5.32 Å². The Labute approximate surface area is 108 Å². The predicted octanol–water partition coefficient (Wildman–Crippen LogP) is 0.842. The predicted molar refractivity (Wildman–Crippen MR) is 67.2 cm³/mol. The number of carboxylic acid groups (broad SMARTS) is 1. The minimum atomic E-state index is -0.762. The number of aliphatic carboxylic acids is 1. The summed E-state index contributed by atoms with van der Waals surface area (Å²) in [5.74, 6) is -0.673. The molecule has 0 aromatic carbocycles. The zero-order chi connectivity index (χ0) is 13.2. The molecular formula is C13H22N2O3. The van der Waals surface area contributed by atoms with Crippen molar-refractivity contribution in [1.29, 1.82) is 0 Å². The van der Waals surface area contributed by atoms with Gasteiger partial charge in [-0.25, -0.2) is 0 Å². The Kier molecular flexibility index (Phi) is 3.90. The summed E-state index contributed by atoms with van der Waals surface area (Å²) in [4.78, 5) is 25.5. The molecule has 18 heavy (non-hydrogen) atoms. The molecule has 102 valence electrons. The van der Waals surface area contributed by atoms with Crippen molar-refractivity contribution in [3.8, 4) is 0 Å². The second-order valence-electron chi connectivity index (χ2n) is 5.45. The molecule has 1 unspecified atom stereocenters. The normalized spacial score (nSPS) is 32.5. The molecule has 0 saturated carbocycles. The molecule has 0 spiro atoms. The van der Waals surface area contributed by atoms with Crippen LogP contribution in [0.25, 0.3) is 0 Å². The van der Waals surface area contributed by atoms with Crippen molar-refractivity contribution < 1.29 is 14.7 Å². The summed E-state index contributed by atoms with van der Waals surface area (Å²) in [6, 6.07) is -0.0912. The Morgan fingerprint density at radius 3 is 2.78 bits per heavy atom. The van der Waals surface area contributed by atoms with Crippen molar-refractivity contribution in [1.82, 2.24) is 10.2 Å². The van der Waals surface area contributed by atoms with Gasteiger partial charge in [-0.1, -0.05) is 6.92 Å². The van der Waals surface area contributed by atoms with E-state index in [0.29, 0.717) is 25.9 Å². The standard InChI is InChI=1S/C13H22N2O3/c1-2-13(12(17)18)6-4-8-15(9-13)11(16)10-5-3-7-14-10/h10,14H,2-9H2,1H3,(H,17,18)/t10-,13?/m1/s1. The number of hydrogen-bond acceptors (Lipinski definition) is 3. The van der Waals surface area contributed by atoms with Crippen molar-refractivity contribution >= 4 is 11.9 Å². The van der Waals surface area contributed by atoms with E-state index in [-0.39, 0.29) is 11.9 Å². The van der Waals surface area contributed by atoms with Crippen LogP contribution in [0.2, 0.25) is 0 Å². The van der Waals surface area contributed by atoms with Gasteiger partial charge in [0.15, 0.2) is 0 Å². The first kappa shape index (κ1) is 13.3. The Morgan fingerprint density at radius 2 is 2.22 bits per heavy atom. The maximum absolute atomic E-state index is 12.3. The third-order valence-corrected chi connectivity index (χ3v) is 4.38. The van der Waals surface area contributed by atoms with Gasteiger partial charge < -0.3 is 15.3 Å². The maximum Gasteiger partial charge on any atom is 0.311 e. The van der Waals surface area contributed by atoms with Crippen LogP contribution >= 0.6 is 0 Å². The monoisotopic (exact) mass is 254 g/mol. The molecule has 2 saturated heterocycles. The van der Waals surface area contributed by atoms with E-state index in [0.717, 1.165) is 25.8 Å². The topological polar surface area (TPSA) is 69.6 Å². The van der Waals surface area contributed by atoms with Crippen LogP contribution in [0.3, 0.4) is 0 Å². The second-order valence-corrected chi connectivity index (χ2v) is 5.45. The molecule has 1 amide bonds. The van der Waals surface area contributed by atoms with Crippen molar-refractivity contribution in [2.24, 2.45) is 5.41 Å². The van der Waals surface area contributed by atoms with Gasteiger partial charge in [0.2, 0.25) is 5.91 Å². The number of carbonyl (C=O) groups excluding carboxylic acids is 1. The fourth-order valence-corrected chi connectivity index (χ4v) is 3.05. The van der Waals surface area contributed by atoms with Crippen LogP contribution in [-0.4, -0.2) is 47.6 Å². The van der Waals surface area contributed by atoms with E-state index >= 15 is 0 Å². The molecule has 0 aliphatic carbocycles. The quantitative estimate of drug-likeness (QED) is 0.783. The highest BCUT2D eigenvalue weighted by Gasteiger charge is 2.43. The molecule has 2 atom stereocenters. The molecule has 5 heteroatoms. The van der Waals surface area contributed by atoms with Crippen molar-refractivity contribution in [3.05, 3.63) is 0 Å². The van der Waals surface area contributed by atoms with Gasteiger partial charge in [0.25, 0.3) is 0 Å². The fourth-order valence-electron chi connectivity index (χ4n) is 3.05. The molecule has 2 heterocycles. The molecule has 2 rings (SSSR count). The van der Waals surface area contributed by atoms with Crippen molar-refractivity contribution in [2.75, 3.05) is 19.6 Å². The van der Waals surface area contributed by atoms with Gasteiger partial charge in [0, 0.05) is 13.1 Å². The Morgan fingerprint density at radius 1 is 1.44 bits per heavy atom. The van der Waals surface area contributed by atoms with Gasteiger partial charge in [-0.2, -0.15) is 0 Å². The van der Waals surface area contributed by atoms with Gasteiger partial charge in [-0.05, 0) is 38.6 Å². The zero-order valence-corrected chi connectivity index (χ0v) is 10.9. The molecule has 0 bridgehead atoms. The summed E-state index contributed by atoms with van der Waals surface area (Å²) >= 11 is 0. The molecule has 2 aliphatic heterocycles. The van der Waals surface area contributed by atoms with Crippen LogP contribution in [0.5, 0.6) is 0 Å². The van der Waals surface area contributed by atoms with Crippen LogP contribution in [0.15, 0.2) is 0 Å². The molecule has 5 nitrogen and oxygen atoms in total. The lowest BCUT2D eigenvalue weighted by Crippen LogP contribution is -2.53. The number of amides is 1. The van der Waals surface area contributed by atoms with E-state index in [1.165, 1.54) is 0 Å². The molecule has 2 N–H and O–H groups in total. The van der Waals surface area contributed by atoms with E-state index in [1.807, 2.05) is 6.92 Å². The number of carbonyl (C=O) groups is 2. The Bertz CT molecular complexity index is 339. The zero-order valence-electron chi connectivity index (χ0n) is 10.9. The van der Waals surface area contributed by atoms with Gasteiger partial charge in [0.1, 0.15) is 0 Å². The molecule has 0 radical (unpaired) electrons. The summed E-state index contributed by atoms with van der Waals surface area (Å²) < 4.78 is 0. The number of piperidine rings is 1. The SMILES string of the molecule is CCC1(C(=O)O)CCCN(C(=O)[C@H]2CCCN2)C1. The molecular weight excluding hydrogens is 232 g/mol. The van der Waals surface area contributed by atoms with Crippen molar-refractivity contribution in [2.45, 2.75) is 45.1 Å². The summed E-state index contributed by atoms with van der Waals surface area (Å²) in [6.45, 7) is 3.86. The average molecular weight is 254 g/mol. The van der Waals surface area contributed by atoms with Crippen LogP contribution in [0.4, 0.5) is 0 Å². The Balaban J connectivity index is 2.05. The summed E-state index contributed by atoms with van der Waals surface area (Å²) in [5.41, 5.74) is -0.730. The number of rotatable bonds is 3. The first-order valence-electron chi connectivity index (χ1n) is 6.84. The van der Waals surface area contributed by atoms with Gasteiger partial charge in [-0.3, -0.25) is 9.59 Å². The Hall–Kier alpha value is -1.10. The third kappa shape index (κ3) is 2.36. The fraction of sp³-hybridized carbons (Fsp3) is 0.846. The first-order valence-corrected chi connectivity index (χ1v) is 6.84. The first-order chi connectivity index (χ1) is 8.59. The van der Waals surface area contributed by atoms with Crippen LogP contribution < -0.4 is 5.32 Å². The van der Waals surface area contributed by atoms with E-state index in [4.69, 9.17) is 0 Å². The van der Waals surface area contributed by atoms with Gasteiger partial charge in [0.05, 0.1) is 11.5 Å². The van der Waals surface area contributed by atoms with Crippen LogP contribution in [-0.2, 0) is 9.59 Å². The largest absolute Gasteiger partial charge is 0.481 e. The third-order valence-electron chi connectivity index (χ3n) is 4.38. The van der Waals surface area contributed by atoms with Gasteiger partial charge >= 0.3 is 5.97 Å². The lowest BCUT2D eigenvalue weighted by atomic mass is 9.77. The van der Waals surface area contributed by atoms with Crippen LogP contribution in [0.1, 0.15) is 39.0 Å². The molecule has 2 fully saturated rings. The lowest BCUT2D eigenvalue weighted by molar-refractivity contribution is -0.155. The van der Waals surface area contributed by atoms with Crippen LogP contribution in [0, 0.1) is 5.41 Å². The van der Waals surface area contributed by atoms with Gasteiger partial charge in [-0.15, -0.1) is 0 Å². The molecule has 2 aliphatic rings. The minimum absolute atomic E-state index is 0.0891. The molecule has 0 aromatic rings. The number of likely N-dealkylation sites (tertiary alicyclic amines) is 1. The highest BCUT2D eigenvalue weighted by Crippen LogP contribution is 2.34. The van der Waals surface area contributed by atoms with E-state index in [9.17, 15) is 14.7 Å². The van der Waals surface area contributed by atoms with E-state index in [1.54, 1.807) is 4.90 Å². The number of carboxylic acids is 1. The summed E-state index contributed by atoms with van der Waals surface area (Å²) in [6.07, 6.45) is 3.97. The number of nitrogens with one attached hydrogen (secondary N) is 1. The average Bonchev–Trinajstić information content (AvgIpc) is 2.91. The number of nitrogens with zero attached hydrogens (tertiary/aromatic N) is 1. The second kappa shape index (κ2) is 5.26. The summed E-state index contributed by atoms with van der Waals surface area (Å²) in [7, 11) is 0. The lowest BCUT2D eigenvalue weighted by Gasteiger charge is -2.40. The smallest absolute Gasteiger partial charge is 0.311 e. The number of hydrogen-bond donors (Lipinski definition) is 2. The summed E-state index contributed by atoms with van der Waals surface area (Å²) in [5, 5.41) is 12.6. The van der Waals surface area contributed by atoms with E-state index < -0.39 is 11.4 Å². The highest BCUT2D eigenvalue weighted by molar-refractivity contribution is 5.83. The maximum atomic E-state index is 12.3.